The van der Waals surface area contributed by atoms with E-state index in [1.54, 1.807) is 0 Å². The number of aromatic nitrogens is 1. The van der Waals surface area contributed by atoms with Gasteiger partial charge in [0.25, 0.3) is 0 Å². The van der Waals surface area contributed by atoms with Gasteiger partial charge in [0.1, 0.15) is 0 Å². The molecular weight excluding hydrogens is 669 g/mol. The van der Waals surface area contributed by atoms with Crippen molar-refractivity contribution in [1.82, 2.24) is 4.98 Å². The molecule has 8 aromatic carbocycles. The van der Waals surface area contributed by atoms with Crippen LogP contribution in [0.1, 0.15) is 22.3 Å². The standard InChI is InChI=1S/C52H32N2O/c1-2-13-33(14-3-1)34-25-27-36(28-26-34)54(48-24-12-20-42-49-38-16-5-4-15-35(38)32-53-51(49)55-50(42)48)37-29-30-47-43(31-37)41-19-8-11-23-46(41)52(47)44-21-9-6-17-39(44)40-18-7-10-22-45(40)52/h1-32H. The summed E-state index contributed by atoms with van der Waals surface area (Å²) in [7, 11) is 0. The van der Waals surface area contributed by atoms with Crippen LogP contribution in [0.3, 0.4) is 0 Å². The van der Waals surface area contributed by atoms with Gasteiger partial charge in [0.05, 0.1) is 16.5 Å². The van der Waals surface area contributed by atoms with Gasteiger partial charge in [-0.15, -0.1) is 0 Å². The van der Waals surface area contributed by atoms with E-state index in [-0.39, 0.29) is 0 Å². The number of furan rings is 1. The molecule has 1 spiro atoms. The van der Waals surface area contributed by atoms with Crippen LogP contribution < -0.4 is 4.90 Å². The van der Waals surface area contributed by atoms with Crippen molar-refractivity contribution in [2.24, 2.45) is 0 Å². The normalized spacial score (nSPS) is 13.2. The topological polar surface area (TPSA) is 29.3 Å². The van der Waals surface area contributed by atoms with E-state index >= 15 is 0 Å². The smallest absolute Gasteiger partial charge is 0.228 e. The van der Waals surface area contributed by atoms with Crippen LogP contribution in [0.4, 0.5) is 17.1 Å². The first-order chi connectivity index (χ1) is 27.3. The van der Waals surface area contributed by atoms with E-state index in [9.17, 15) is 0 Å². The van der Waals surface area contributed by atoms with Crippen LogP contribution in [-0.4, -0.2) is 4.98 Å². The number of nitrogens with zero attached hydrogens (tertiary/aromatic N) is 2. The lowest BCUT2D eigenvalue weighted by atomic mass is 9.70. The van der Waals surface area contributed by atoms with Gasteiger partial charge in [-0.05, 0) is 91.4 Å². The van der Waals surface area contributed by atoms with Crippen LogP contribution >= 0.6 is 0 Å². The lowest BCUT2D eigenvalue weighted by molar-refractivity contribution is 0.655. The summed E-state index contributed by atoms with van der Waals surface area (Å²) in [6, 6.07) is 68.3. The Morgan fingerprint density at radius 2 is 1.00 bits per heavy atom. The Labute approximate surface area is 318 Å². The third kappa shape index (κ3) is 4.12. The molecule has 2 aromatic heterocycles. The molecule has 2 heterocycles. The van der Waals surface area contributed by atoms with Crippen LogP contribution in [0.15, 0.2) is 199 Å². The molecule has 3 nitrogen and oxygen atoms in total. The van der Waals surface area contributed by atoms with E-state index < -0.39 is 5.41 Å². The molecule has 0 amide bonds. The van der Waals surface area contributed by atoms with Gasteiger partial charge in [-0.3, -0.25) is 0 Å². The minimum Gasteiger partial charge on any atom is -0.435 e. The predicted octanol–water partition coefficient (Wildman–Crippen LogP) is 13.6. The third-order valence-corrected chi connectivity index (χ3v) is 11.9. The molecule has 0 fully saturated rings. The molecule has 0 N–H and O–H groups in total. The third-order valence-electron chi connectivity index (χ3n) is 11.9. The zero-order chi connectivity index (χ0) is 36.1. The minimum absolute atomic E-state index is 0.398. The Morgan fingerprint density at radius 3 is 1.73 bits per heavy atom. The molecule has 10 aromatic rings. The molecule has 0 saturated heterocycles. The summed E-state index contributed by atoms with van der Waals surface area (Å²) in [5.74, 6) is 0. The number of anilines is 3. The van der Waals surface area contributed by atoms with Crippen molar-refractivity contribution in [2.45, 2.75) is 5.41 Å². The van der Waals surface area contributed by atoms with Crippen LogP contribution in [0, 0.1) is 0 Å². The first-order valence-electron chi connectivity index (χ1n) is 18.9. The molecule has 256 valence electrons. The van der Waals surface area contributed by atoms with Gasteiger partial charge in [0.2, 0.25) is 5.71 Å². The van der Waals surface area contributed by atoms with E-state index in [1.807, 2.05) is 6.20 Å². The second-order valence-corrected chi connectivity index (χ2v) is 14.6. The van der Waals surface area contributed by atoms with Gasteiger partial charge in [-0.2, -0.15) is 0 Å². The van der Waals surface area contributed by atoms with Crippen molar-refractivity contribution in [3.05, 3.63) is 217 Å². The molecule has 0 saturated carbocycles. The summed E-state index contributed by atoms with van der Waals surface area (Å²) in [4.78, 5) is 7.16. The fourth-order valence-electron chi connectivity index (χ4n) is 9.67. The predicted molar refractivity (Wildman–Crippen MR) is 225 cm³/mol. The van der Waals surface area contributed by atoms with Crippen LogP contribution in [0.5, 0.6) is 0 Å². The average Bonchev–Trinajstić information content (AvgIpc) is 3.89. The Hall–Kier alpha value is -7.23. The number of pyridine rings is 1. The van der Waals surface area contributed by atoms with Gasteiger partial charge >= 0.3 is 0 Å². The van der Waals surface area contributed by atoms with Crippen molar-refractivity contribution in [2.75, 3.05) is 4.90 Å². The van der Waals surface area contributed by atoms with Gasteiger partial charge in [0, 0.05) is 28.3 Å². The Bertz CT molecular complexity index is 3110. The highest BCUT2D eigenvalue weighted by molar-refractivity contribution is 6.19. The maximum Gasteiger partial charge on any atom is 0.228 e. The molecule has 12 rings (SSSR count). The first kappa shape index (κ1) is 30.3. The lowest BCUT2D eigenvalue weighted by Crippen LogP contribution is -2.25. The van der Waals surface area contributed by atoms with E-state index in [0.717, 1.165) is 44.2 Å². The minimum atomic E-state index is -0.398. The number of hydrogen-bond acceptors (Lipinski definition) is 3. The van der Waals surface area contributed by atoms with Gasteiger partial charge in [-0.1, -0.05) is 158 Å². The zero-order valence-corrected chi connectivity index (χ0v) is 29.8. The summed E-state index contributed by atoms with van der Waals surface area (Å²) in [6.45, 7) is 0. The monoisotopic (exact) mass is 700 g/mol. The lowest BCUT2D eigenvalue weighted by Gasteiger charge is -2.31. The number of fused-ring (bicyclic) bond motifs is 15. The number of benzene rings is 8. The van der Waals surface area contributed by atoms with Crippen molar-refractivity contribution < 1.29 is 4.42 Å². The number of rotatable bonds is 4. The highest BCUT2D eigenvalue weighted by Gasteiger charge is 2.51. The number of para-hydroxylation sites is 1. The molecule has 0 aliphatic heterocycles. The van der Waals surface area contributed by atoms with Gasteiger partial charge in [0.15, 0.2) is 5.58 Å². The van der Waals surface area contributed by atoms with Crippen LogP contribution in [0.25, 0.3) is 66.2 Å². The summed E-state index contributed by atoms with van der Waals surface area (Å²) >= 11 is 0. The first-order valence-corrected chi connectivity index (χ1v) is 18.9. The molecule has 2 aliphatic rings. The average molecular weight is 701 g/mol. The SMILES string of the molecule is c1ccc(-c2ccc(N(c3ccc4c(c3)-c3ccccc3C43c4ccccc4-c4ccccc43)c3cccc4c3oc3ncc5ccccc5c34)cc2)cc1. The van der Waals surface area contributed by atoms with Crippen molar-refractivity contribution in [1.29, 1.82) is 0 Å². The molecule has 3 heteroatoms. The fraction of sp³-hybridized carbons (Fsp3) is 0.0192. The van der Waals surface area contributed by atoms with Crippen molar-refractivity contribution in [3.8, 4) is 33.4 Å². The quantitative estimate of drug-likeness (QED) is 0.183. The van der Waals surface area contributed by atoms with Crippen molar-refractivity contribution in [3.63, 3.8) is 0 Å². The Morgan fingerprint density at radius 1 is 0.436 bits per heavy atom. The van der Waals surface area contributed by atoms with Crippen molar-refractivity contribution >= 4 is 49.9 Å². The Kier molecular flexibility index (Phi) is 6.26. The highest BCUT2D eigenvalue weighted by atomic mass is 16.3. The summed E-state index contributed by atoms with van der Waals surface area (Å²) in [5.41, 5.74) is 16.9. The zero-order valence-electron chi connectivity index (χ0n) is 29.8. The van der Waals surface area contributed by atoms with E-state index in [2.05, 4.69) is 193 Å². The second-order valence-electron chi connectivity index (χ2n) is 14.6. The fourth-order valence-corrected chi connectivity index (χ4v) is 9.67. The molecule has 0 radical (unpaired) electrons. The molecule has 0 atom stereocenters. The molecule has 0 bridgehead atoms. The summed E-state index contributed by atoms with van der Waals surface area (Å²) in [6.07, 6.45) is 1.91. The van der Waals surface area contributed by atoms with Crippen LogP contribution in [-0.2, 0) is 5.41 Å². The van der Waals surface area contributed by atoms with E-state index in [0.29, 0.717) is 5.71 Å². The number of hydrogen-bond donors (Lipinski definition) is 0. The van der Waals surface area contributed by atoms with E-state index in [4.69, 9.17) is 9.40 Å². The van der Waals surface area contributed by atoms with Crippen LogP contribution in [0.2, 0.25) is 0 Å². The van der Waals surface area contributed by atoms with E-state index in [1.165, 1.54) is 55.6 Å². The molecular formula is C52H32N2O. The molecule has 0 unspecified atom stereocenters. The summed E-state index contributed by atoms with van der Waals surface area (Å²) < 4.78 is 6.76. The Balaban J connectivity index is 1.12. The largest absolute Gasteiger partial charge is 0.435 e. The molecule has 2 aliphatic carbocycles. The summed E-state index contributed by atoms with van der Waals surface area (Å²) in [5, 5.41) is 4.32. The maximum absolute atomic E-state index is 6.76. The highest BCUT2D eigenvalue weighted by Crippen LogP contribution is 2.63. The second kappa shape index (κ2) is 11.4. The van der Waals surface area contributed by atoms with Gasteiger partial charge < -0.3 is 9.32 Å². The molecule has 55 heavy (non-hydrogen) atoms. The van der Waals surface area contributed by atoms with Gasteiger partial charge in [-0.25, -0.2) is 4.98 Å². The maximum atomic E-state index is 6.76.